The molecule has 1 aromatic carbocycles. The highest BCUT2D eigenvalue weighted by Gasteiger charge is 2.20. The molecule has 1 aromatic rings. The van der Waals surface area contributed by atoms with Gasteiger partial charge in [-0.05, 0) is 26.3 Å². The van der Waals surface area contributed by atoms with Crippen molar-refractivity contribution in [3.63, 3.8) is 0 Å². The number of rotatable bonds is 5. The number of Topliss-reactive ketones (excluding diaryl/α,β-unsaturated/α-hetero) is 1. The Labute approximate surface area is 107 Å². The second-order valence-electron chi connectivity index (χ2n) is 4.30. The molecule has 2 N–H and O–H groups in total. The Morgan fingerprint density at radius 2 is 2.00 bits per heavy atom. The summed E-state index contributed by atoms with van der Waals surface area (Å²) in [7, 11) is 0. The molecular weight excluding hydrogens is 230 g/mol. The number of carbonyl (C=O) groups is 2. The molecule has 0 spiro atoms. The number of ketones is 1. The lowest BCUT2D eigenvalue weighted by Crippen LogP contribution is -2.34. The van der Waals surface area contributed by atoms with E-state index < -0.39 is 12.0 Å². The number of aryl methyl sites for hydroxylation is 2. The smallest absolute Gasteiger partial charge is 0.323 e. The van der Waals surface area contributed by atoms with Crippen LogP contribution in [0.4, 0.5) is 0 Å². The molecule has 18 heavy (non-hydrogen) atoms. The summed E-state index contributed by atoms with van der Waals surface area (Å²) in [6, 6.07) is 4.68. The second kappa shape index (κ2) is 6.31. The number of ether oxygens (including phenoxy) is 1. The van der Waals surface area contributed by atoms with Gasteiger partial charge in [0, 0.05) is 12.0 Å². The Morgan fingerprint density at radius 1 is 1.33 bits per heavy atom. The molecule has 0 radical (unpaired) electrons. The fourth-order valence-electron chi connectivity index (χ4n) is 1.77. The maximum Gasteiger partial charge on any atom is 0.323 e. The largest absolute Gasteiger partial charge is 0.465 e. The van der Waals surface area contributed by atoms with Crippen molar-refractivity contribution in [3.05, 3.63) is 34.9 Å². The van der Waals surface area contributed by atoms with Crippen molar-refractivity contribution in [2.24, 2.45) is 5.73 Å². The van der Waals surface area contributed by atoms with Crippen LogP contribution in [0.15, 0.2) is 18.2 Å². The van der Waals surface area contributed by atoms with Gasteiger partial charge in [-0.15, -0.1) is 0 Å². The van der Waals surface area contributed by atoms with Crippen LogP contribution in [0.5, 0.6) is 0 Å². The van der Waals surface area contributed by atoms with Crippen LogP contribution in [0, 0.1) is 13.8 Å². The minimum Gasteiger partial charge on any atom is -0.465 e. The average molecular weight is 249 g/mol. The lowest BCUT2D eigenvalue weighted by atomic mass is 9.98. The zero-order valence-electron chi connectivity index (χ0n) is 11.0. The number of carbonyl (C=O) groups excluding carboxylic acids is 2. The predicted octanol–water partition coefficient (Wildman–Crippen LogP) is 1.77. The Bertz CT molecular complexity index is 454. The van der Waals surface area contributed by atoms with Gasteiger partial charge < -0.3 is 10.5 Å². The minimum absolute atomic E-state index is 0.0251. The van der Waals surface area contributed by atoms with Gasteiger partial charge in [0.15, 0.2) is 5.78 Å². The highest BCUT2D eigenvalue weighted by Crippen LogP contribution is 2.13. The van der Waals surface area contributed by atoms with E-state index in [0.717, 1.165) is 11.1 Å². The average Bonchev–Trinajstić information content (AvgIpc) is 2.28. The van der Waals surface area contributed by atoms with Crippen LogP contribution in [0.25, 0.3) is 0 Å². The Hall–Kier alpha value is -1.68. The third-order valence-electron chi connectivity index (χ3n) is 2.68. The van der Waals surface area contributed by atoms with Crippen LogP contribution in [0.3, 0.4) is 0 Å². The Balaban J connectivity index is 2.73. The fourth-order valence-corrected chi connectivity index (χ4v) is 1.77. The van der Waals surface area contributed by atoms with E-state index in [0.29, 0.717) is 5.56 Å². The van der Waals surface area contributed by atoms with Gasteiger partial charge in [-0.1, -0.05) is 23.8 Å². The van der Waals surface area contributed by atoms with Gasteiger partial charge in [-0.25, -0.2) is 0 Å². The van der Waals surface area contributed by atoms with E-state index in [1.165, 1.54) is 0 Å². The van der Waals surface area contributed by atoms with Crippen molar-refractivity contribution in [2.45, 2.75) is 33.2 Å². The number of hydrogen-bond donors (Lipinski definition) is 1. The third kappa shape index (κ3) is 3.67. The van der Waals surface area contributed by atoms with E-state index >= 15 is 0 Å². The highest BCUT2D eigenvalue weighted by atomic mass is 16.5. The van der Waals surface area contributed by atoms with E-state index in [-0.39, 0.29) is 18.8 Å². The summed E-state index contributed by atoms with van der Waals surface area (Å²) in [6.07, 6.45) is -0.0251. The highest BCUT2D eigenvalue weighted by molar-refractivity contribution is 6.00. The van der Waals surface area contributed by atoms with Crippen LogP contribution in [-0.2, 0) is 9.53 Å². The third-order valence-corrected chi connectivity index (χ3v) is 2.68. The van der Waals surface area contributed by atoms with Crippen LogP contribution < -0.4 is 5.73 Å². The molecule has 0 saturated carbocycles. The van der Waals surface area contributed by atoms with Crippen molar-refractivity contribution < 1.29 is 14.3 Å². The number of esters is 1. The van der Waals surface area contributed by atoms with Crippen molar-refractivity contribution in [1.82, 2.24) is 0 Å². The van der Waals surface area contributed by atoms with Crippen molar-refractivity contribution in [3.8, 4) is 0 Å². The summed E-state index contributed by atoms with van der Waals surface area (Å²) < 4.78 is 4.77. The zero-order valence-corrected chi connectivity index (χ0v) is 11.0. The van der Waals surface area contributed by atoms with Crippen molar-refractivity contribution >= 4 is 11.8 Å². The fraction of sp³-hybridized carbons (Fsp3) is 0.429. The first-order valence-electron chi connectivity index (χ1n) is 5.98. The van der Waals surface area contributed by atoms with E-state index in [2.05, 4.69) is 0 Å². The van der Waals surface area contributed by atoms with E-state index in [1.54, 1.807) is 13.0 Å². The molecule has 0 saturated heterocycles. The molecule has 1 rings (SSSR count). The molecule has 0 amide bonds. The normalized spacial score (nSPS) is 12.0. The molecule has 0 aliphatic rings. The summed E-state index contributed by atoms with van der Waals surface area (Å²) in [4.78, 5) is 23.4. The van der Waals surface area contributed by atoms with Gasteiger partial charge in [-0.3, -0.25) is 9.59 Å². The first kappa shape index (κ1) is 14.4. The zero-order chi connectivity index (χ0) is 13.7. The van der Waals surface area contributed by atoms with Gasteiger partial charge in [0.2, 0.25) is 0 Å². The van der Waals surface area contributed by atoms with Crippen LogP contribution in [-0.4, -0.2) is 24.4 Å². The van der Waals surface area contributed by atoms with Gasteiger partial charge in [-0.2, -0.15) is 0 Å². The van der Waals surface area contributed by atoms with Crippen LogP contribution in [0.2, 0.25) is 0 Å². The van der Waals surface area contributed by atoms with Gasteiger partial charge in [0.1, 0.15) is 6.04 Å². The molecule has 1 unspecified atom stereocenters. The Kier molecular flexibility index (Phi) is 5.04. The van der Waals surface area contributed by atoms with E-state index in [4.69, 9.17) is 10.5 Å². The monoisotopic (exact) mass is 249 g/mol. The first-order valence-corrected chi connectivity index (χ1v) is 5.98. The summed E-state index contributed by atoms with van der Waals surface area (Å²) in [5.41, 5.74) is 8.23. The predicted molar refractivity (Wildman–Crippen MR) is 69.5 cm³/mol. The maximum absolute atomic E-state index is 12.0. The summed E-state index contributed by atoms with van der Waals surface area (Å²) in [5, 5.41) is 0. The summed E-state index contributed by atoms with van der Waals surface area (Å²) in [5.74, 6) is -0.663. The van der Waals surface area contributed by atoms with Crippen molar-refractivity contribution in [1.29, 1.82) is 0 Å². The molecule has 0 bridgehead atoms. The molecule has 0 aliphatic heterocycles. The summed E-state index contributed by atoms with van der Waals surface area (Å²) in [6.45, 7) is 5.81. The molecule has 0 heterocycles. The molecule has 98 valence electrons. The molecule has 0 aromatic heterocycles. The van der Waals surface area contributed by atoms with Crippen LogP contribution in [0.1, 0.15) is 34.8 Å². The van der Waals surface area contributed by atoms with Gasteiger partial charge >= 0.3 is 5.97 Å². The molecule has 4 heteroatoms. The first-order chi connectivity index (χ1) is 8.45. The second-order valence-corrected chi connectivity index (χ2v) is 4.30. The number of nitrogens with two attached hydrogens (primary N) is 1. The van der Waals surface area contributed by atoms with Crippen LogP contribution >= 0.6 is 0 Å². The molecule has 0 fully saturated rings. The van der Waals surface area contributed by atoms with E-state index in [1.807, 2.05) is 26.0 Å². The standard InChI is InChI=1S/C14H19NO3/c1-4-18-14(17)12(15)8-13(16)11-6-5-9(2)7-10(11)3/h5-7,12H,4,8,15H2,1-3H3. The number of benzene rings is 1. The maximum atomic E-state index is 12.0. The minimum atomic E-state index is -0.891. The lowest BCUT2D eigenvalue weighted by Gasteiger charge is -2.11. The SMILES string of the molecule is CCOC(=O)C(N)CC(=O)c1ccc(C)cc1C. The van der Waals surface area contributed by atoms with E-state index in [9.17, 15) is 9.59 Å². The van der Waals surface area contributed by atoms with Crippen molar-refractivity contribution in [2.75, 3.05) is 6.61 Å². The lowest BCUT2D eigenvalue weighted by molar-refractivity contribution is -0.144. The van der Waals surface area contributed by atoms with Gasteiger partial charge in [0.05, 0.1) is 6.61 Å². The molecular formula is C14H19NO3. The summed E-state index contributed by atoms with van der Waals surface area (Å²) >= 11 is 0. The number of hydrogen-bond acceptors (Lipinski definition) is 4. The topological polar surface area (TPSA) is 69.4 Å². The molecule has 1 atom stereocenters. The van der Waals surface area contributed by atoms with Gasteiger partial charge in [0.25, 0.3) is 0 Å². The quantitative estimate of drug-likeness (QED) is 0.637. The molecule has 4 nitrogen and oxygen atoms in total. The Morgan fingerprint density at radius 3 is 2.56 bits per heavy atom. The molecule has 0 aliphatic carbocycles.